The van der Waals surface area contributed by atoms with Crippen molar-refractivity contribution in [2.75, 3.05) is 0 Å². The lowest BCUT2D eigenvalue weighted by atomic mass is 10.2. The minimum atomic E-state index is 0.693. The monoisotopic (exact) mass is 264 g/mol. The highest BCUT2D eigenvalue weighted by atomic mass is 33.1. The van der Waals surface area contributed by atoms with Gasteiger partial charge in [-0.2, -0.15) is 4.73 Å². The molecule has 88 valence electrons. The molecule has 0 atom stereocenters. The van der Waals surface area contributed by atoms with E-state index in [-0.39, 0.29) is 0 Å². The van der Waals surface area contributed by atoms with E-state index in [9.17, 15) is 5.21 Å². The SMILES string of the molecule is Cc1cc(C)[n+]([O-])c(SSc2ccccn2)c1. The van der Waals surface area contributed by atoms with E-state index in [1.807, 2.05) is 44.2 Å². The van der Waals surface area contributed by atoms with E-state index in [4.69, 9.17) is 0 Å². The van der Waals surface area contributed by atoms with Crippen LogP contribution in [0.2, 0.25) is 0 Å². The van der Waals surface area contributed by atoms with Gasteiger partial charge in [0.05, 0.1) is 0 Å². The second-order valence-electron chi connectivity index (χ2n) is 3.64. The highest BCUT2D eigenvalue weighted by Gasteiger charge is 2.11. The third-order valence-electron chi connectivity index (χ3n) is 2.16. The minimum absolute atomic E-state index is 0.693. The van der Waals surface area contributed by atoms with Crippen molar-refractivity contribution in [2.45, 2.75) is 23.9 Å². The Labute approximate surface area is 108 Å². The number of hydrogen-bond donors (Lipinski definition) is 0. The predicted molar refractivity (Wildman–Crippen MR) is 70.8 cm³/mol. The van der Waals surface area contributed by atoms with Gasteiger partial charge in [-0.05, 0) is 35.4 Å². The van der Waals surface area contributed by atoms with Crippen molar-refractivity contribution in [2.24, 2.45) is 0 Å². The fourth-order valence-corrected chi connectivity index (χ4v) is 3.41. The number of hydrogen-bond acceptors (Lipinski definition) is 4. The molecule has 17 heavy (non-hydrogen) atoms. The van der Waals surface area contributed by atoms with E-state index in [2.05, 4.69) is 4.98 Å². The molecule has 2 aromatic heterocycles. The molecule has 0 aliphatic rings. The molecular weight excluding hydrogens is 252 g/mol. The van der Waals surface area contributed by atoms with Gasteiger partial charge in [0.1, 0.15) is 5.03 Å². The van der Waals surface area contributed by atoms with Crippen LogP contribution in [0, 0.1) is 19.1 Å². The molecule has 0 aromatic carbocycles. The lowest BCUT2D eigenvalue weighted by molar-refractivity contribution is -0.651. The average Bonchev–Trinajstić information content (AvgIpc) is 2.33. The van der Waals surface area contributed by atoms with E-state index < -0.39 is 0 Å². The zero-order chi connectivity index (χ0) is 12.3. The Balaban J connectivity index is 2.14. The zero-order valence-electron chi connectivity index (χ0n) is 9.58. The molecule has 0 amide bonds. The van der Waals surface area contributed by atoms with Gasteiger partial charge in [-0.1, -0.05) is 6.07 Å². The van der Waals surface area contributed by atoms with E-state index in [1.165, 1.54) is 21.6 Å². The number of pyridine rings is 2. The molecule has 0 unspecified atom stereocenters. The first-order valence-electron chi connectivity index (χ1n) is 5.13. The molecule has 0 bridgehead atoms. The summed E-state index contributed by atoms with van der Waals surface area (Å²) < 4.78 is 0.952. The smallest absolute Gasteiger partial charge is 0.262 e. The van der Waals surface area contributed by atoms with E-state index >= 15 is 0 Å². The summed E-state index contributed by atoms with van der Waals surface area (Å²) in [5.41, 5.74) is 1.81. The number of aryl methyl sites for hydroxylation is 2. The maximum Gasteiger partial charge on any atom is 0.262 e. The van der Waals surface area contributed by atoms with Crippen molar-refractivity contribution in [3.63, 3.8) is 0 Å². The molecule has 0 saturated carbocycles. The second-order valence-corrected chi connectivity index (χ2v) is 5.81. The Morgan fingerprint density at radius 1 is 1.18 bits per heavy atom. The van der Waals surface area contributed by atoms with Gasteiger partial charge in [0.25, 0.3) is 5.03 Å². The van der Waals surface area contributed by atoms with Crippen LogP contribution >= 0.6 is 21.6 Å². The van der Waals surface area contributed by atoms with Crippen LogP contribution in [0.25, 0.3) is 0 Å². The van der Waals surface area contributed by atoms with Crippen molar-refractivity contribution < 1.29 is 4.73 Å². The minimum Gasteiger partial charge on any atom is -0.618 e. The highest BCUT2D eigenvalue weighted by Crippen LogP contribution is 2.34. The van der Waals surface area contributed by atoms with Crippen molar-refractivity contribution in [1.82, 2.24) is 4.98 Å². The zero-order valence-corrected chi connectivity index (χ0v) is 11.2. The van der Waals surface area contributed by atoms with Crippen LogP contribution in [-0.2, 0) is 0 Å². The third kappa shape index (κ3) is 3.14. The van der Waals surface area contributed by atoms with Crippen molar-refractivity contribution in [3.8, 4) is 0 Å². The summed E-state index contributed by atoms with van der Waals surface area (Å²) in [6, 6.07) is 9.50. The summed E-state index contributed by atoms with van der Waals surface area (Å²) in [6.45, 7) is 3.80. The van der Waals surface area contributed by atoms with Gasteiger partial charge in [-0.25, -0.2) is 4.98 Å². The molecule has 0 N–H and O–H groups in total. The Hall–Kier alpha value is -1.20. The summed E-state index contributed by atoms with van der Waals surface area (Å²) in [4.78, 5) is 4.20. The fraction of sp³-hybridized carbons (Fsp3) is 0.167. The lowest BCUT2D eigenvalue weighted by Gasteiger charge is -2.06. The fourth-order valence-electron chi connectivity index (χ4n) is 1.40. The lowest BCUT2D eigenvalue weighted by Crippen LogP contribution is -2.32. The summed E-state index contributed by atoms with van der Waals surface area (Å²) in [5.74, 6) is 0. The van der Waals surface area contributed by atoms with Crippen molar-refractivity contribution >= 4 is 21.6 Å². The van der Waals surface area contributed by atoms with Crippen molar-refractivity contribution in [3.05, 3.63) is 53.0 Å². The summed E-state index contributed by atoms with van der Waals surface area (Å²) in [6.07, 6.45) is 1.75. The molecule has 5 heteroatoms. The molecule has 0 spiro atoms. The first-order chi connectivity index (χ1) is 8.16. The predicted octanol–water partition coefficient (Wildman–Crippen LogP) is 3.13. The van der Waals surface area contributed by atoms with Gasteiger partial charge < -0.3 is 5.21 Å². The van der Waals surface area contributed by atoms with Gasteiger partial charge in [-0.3, -0.25) is 0 Å². The molecular formula is C12H12N2OS2. The van der Waals surface area contributed by atoms with Crippen LogP contribution in [0.3, 0.4) is 0 Å². The van der Waals surface area contributed by atoms with E-state index in [0.29, 0.717) is 10.7 Å². The Bertz CT molecular complexity index is 517. The molecule has 0 fully saturated rings. The molecule has 2 rings (SSSR count). The van der Waals surface area contributed by atoms with Crippen LogP contribution < -0.4 is 4.73 Å². The quantitative estimate of drug-likeness (QED) is 0.485. The van der Waals surface area contributed by atoms with Gasteiger partial charge in [-0.15, -0.1) is 0 Å². The normalized spacial score (nSPS) is 10.5. The standard InChI is InChI=1S/C12H12N2OS2/c1-9-7-10(2)14(15)12(8-9)17-16-11-5-3-4-6-13-11/h3-8H,1-2H3. The molecule has 2 heterocycles. The van der Waals surface area contributed by atoms with Gasteiger partial charge in [0.2, 0.25) is 0 Å². The summed E-state index contributed by atoms with van der Waals surface area (Å²) in [7, 11) is 2.92. The molecule has 2 aromatic rings. The molecule has 3 nitrogen and oxygen atoms in total. The van der Waals surface area contributed by atoms with E-state index in [0.717, 1.165) is 15.3 Å². The van der Waals surface area contributed by atoms with Crippen LogP contribution in [0.4, 0.5) is 0 Å². The summed E-state index contributed by atoms with van der Waals surface area (Å²) in [5, 5.41) is 13.4. The van der Waals surface area contributed by atoms with Gasteiger partial charge in [0, 0.05) is 36.0 Å². The van der Waals surface area contributed by atoms with Crippen LogP contribution in [-0.4, -0.2) is 4.98 Å². The molecule has 0 saturated heterocycles. The molecule has 0 aliphatic carbocycles. The van der Waals surface area contributed by atoms with Gasteiger partial charge >= 0.3 is 0 Å². The van der Waals surface area contributed by atoms with Gasteiger partial charge in [0.15, 0.2) is 5.69 Å². The maximum absolute atomic E-state index is 11.8. The van der Waals surface area contributed by atoms with Crippen LogP contribution in [0.15, 0.2) is 46.6 Å². The Kier molecular flexibility index (Phi) is 3.91. The molecule has 0 aliphatic heterocycles. The van der Waals surface area contributed by atoms with E-state index in [1.54, 1.807) is 6.20 Å². The Morgan fingerprint density at radius 3 is 2.71 bits per heavy atom. The largest absolute Gasteiger partial charge is 0.618 e. The first kappa shape index (κ1) is 12.3. The average molecular weight is 264 g/mol. The number of aromatic nitrogens is 2. The maximum atomic E-state index is 11.8. The Morgan fingerprint density at radius 2 is 2.00 bits per heavy atom. The number of rotatable bonds is 3. The topological polar surface area (TPSA) is 39.8 Å². The number of nitrogens with zero attached hydrogens (tertiary/aromatic N) is 2. The van der Waals surface area contributed by atoms with Crippen LogP contribution in [0.5, 0.6) is 0 Å². The second kappa shape index (κ2) is 5.42. The third-order valence-corrected chi connectivity index (χ3v) is 4.38. The first-order valence-corrected chi connectivity index (χ1v) is 7.28. The molecule has 0 radical (unpaired) electrons. The van der Waals surface area contributed by atoms with Crippen molar-refractivity contribution in [1.29, 1.82) is 0 Å². The summed E-state index contributed by atoms with van der Waals surface area (Å²) >= 11 is 0. The highest BCUT2D eigenvalue weighted by molar-refractivity contribution is 8.76. The van der Waals surface area contributed by atoms with Crippen LogP contribution in [0.1, 0.15) is 11.3 Å².